The highest BCUT2D eigenvalue weighted by atomic mass is 32.2. The van der Waals surface area contributed by atoms with Crippen molar-refractivity contribution >= 4 is 16.1 Å². The van der Waals surface area contributed by atoms with E-state index in [0.717, 1.165) is 6.26 Å². The van der Waals surface area contributed by atoms with Crippen molar-refractivity contribution in [2.45, 2.75) is 32.3 Å². The number of benzene rings is 1. The average Bonchev–Trinajstić information content (AvgIpc) is 2.26. The van der Waals surface area contributed by atoms with Crippen molar-refractivity contribution in [2.75, 3.05) is 12.9 Å². The second-order valence-electron chi connectivity index (χ2n) is 5.49. The Morgan fingerprint density at radius 3 is 2.20 bits per heavy atom. The maximum Gasteiger partial charge on any atom is 0.316 e. The monoisotopic (exact) mass is 300 g/mol. The zero-order valence-electron chi connectivity index (χ0n) is 12.1. The van der Waals surface area contributed by atoms with Crippen LogP contribution in [0.2, 0.25) is 0 Å². The molecule has 0 aliphatic rings. The molecule has 0 N–H and O–H groups in total. The molecule has 0 bridgehead atoms. The number of carbonyl (C=O) groups excluding carboxylic acids is 1. The van der Waals surface area contributed by atoms with Crippen molar-refractivity contribution in [1.29, 1.82) is 0 Å². The first-order chi connectivity index (χ1) is 9.08. The molecule has 0 fully saturated rings. The van der Waals surface area contributed by atoms with Crippen molar-refractivity contribution in [3.8, 4) is 0 Å². The number of rotatable bonds is 5. The minimum absolute atomic E-state index is 0.266. The van der Waals surface area contributed by atoms with Crippen LogP contribution in [0, 0.1) is 0 Å². The van der Waals surface area contributed by atoms with Gasteiger partial charge in [-0.3, -0.25) is 8.98 Å². The Morgan fingerprint density at radius 2 is 1.75 bits per heavy atom. The minimum atomic E-state index is -3.61. The van der Waals surface area contributed by atoms with Crippen LogP contribution >= 0.6 is 0 Å². The summed E-state index contributed by atoms with van der Waals surface area (Å²) in [5, 5.41) is 0. The van der Waals surface area contributed by atoms with Gasteiger partial charge in [0.25, 0.3) is 10.1 Å². The third-order valence-electron chi connectivity index (χ3n) is 2.34. The molecular weight excluding hydrogens is 280 g/mol. The van der Waals surface area contributed by atoms with Gasteiger partial charge in [0.15, 0.2) is 0 Å². The Hall–Kier alpha value is -1.40. The highest BCUT2D eigenvalue weighted by molar-refractivity contribution is 7.85. The van der Waals surface area contributed by atoms with Crippen LogP contribution in [0.15, 0.2) is 30.3 Å². The molecule has 0 aliphatic carbocycles. The summed E-state index contributed by atoms with van der Waals surface area (Å²) in [6, 6.07) is 8.83. The van der Waals surface area contributed by atoms with Gasteiger partial charge in [0.05, 0.1) is 12.9 Å². The number of esters is 1. The molecule has 0 aromatic heterocycles. The lowest BCUT2D eigenvalue weighted by Crippen LogP contribution is -2.30. The molecule has 0 saturated heterocycles. The van der Waals surface area contributed by atoms with E-state index in [4.69, 9.17) is 8.92 Å². The van der Waals surface area contributed by atoms with E-state index >= 15 is 0 Å². The van der Waals surface area contributed by atoms with E-state index in [9.17, 15) is 13.2 Å². The van der Waals surface area contributed by atoms with Gasteiger partial charge in [-0.1, -0.05) is 30.3 Å². The van der Waals surface area contributed by atoms with E-state index in [1.807, 2.05) is 6.07 Å². The molecule has 0 saturated carbocycles. The number of ether oxygens (including phenoxy) is 1. The molecule has 0 spiro atoms. The molecular formula is C14H20O5S. The van der Waals surface area contributed by atoms with Crippen molar-refractivity contribution in [3.63, 3.8) is 0 Å². The second kappa shape index (κ2) is 6.37. The van der Waals surface area contributed by atoms with Gasteiger partial charge in [0.1, 0.15) is 11.5 Å². The van der Waals surface area contributed by atoms with Crippen LogP contribution < -0.4 is 0 Å². The standard InChI is InChI=1S/C14H20O5S/c1-14(2,3)19-13(15)12(10-18-20(4,16)17)11-8-6-5-7-9-11/h5-9,12H,10H2,1-4H3/t12-/m0/s1. The zero-order chi connectivity index (χ0) is 15.4. The van der Waals surface area contributed by atoms with E-state index in [0.29, 0.717) is 5.56 Å². The van der Waals surface area contributed by atoms with Gasteiger partial charge in [-0.2, -0.15) is 8.42 Å². The molecule has 0 unspecified atom stereocenters. The molecule has 6 heteroatoms. The van der Waals surface area contributed by atoms with E-state index in [2.05, 4.69) is 0 Å². The molecule has 1 aromatic rings. The third kappa shape index (κ3) is 6.16. The first-order valence-corrected chi connectivity index (χ1v) is 8.02. The summed E-state index contributed by atoms with van der Waals surface area (Å²) in [5.74, 6) is -1.28. The zero-order valence-corrected chi connectivity index (χ0v) is 12.9. The third-order valence-corrected chi connectivity index (χ3v) is 2.91. The number of hydrogen-bond acceptors (Lipinski definition) is 5. The summed E-state index contributed by atoms with van der Waals surface area (Å²) in [6.45, 7) is 5.00. The van der Waals surface area contributed by atoms with E-state index in [1.54, 1.807) is 45.0 Å². The predicted octanol–water partition coefficient (Wildman–Crippen LogP) is 2.09. The molecule has 5 nitrogen and oxygen atoms in total. The van der Waals surface area contributed by atoms with Gasteiger partial charge in [0, 0.05) is 0 Å². The van der Waals surface area contributed by atoms with Crippen LogP contribution in [-0.4, -0.2) is 32.9 Å². The fraction of sp³-hybridized carbons (Fsp3) is 0.500. The lowest BCUT2D eigenvalue weighted by molar-refractivity contribution is -0.157. The van der Waals surface area contributed by atoms with E-state index in [-0.39, 0.29) is 6.61 Å². The minimum Gasteiger partial charge on any atom is -0.459 e. The maximum atomic E-state index is 12.2. The van der Waals surface area contributed by atoms with Gasteiger partial charge in [-0.25, -0.2) is 0 Å². The Labute approximate surface area is 120 Å². The maximum absolute atomic E-state index is 12.2. The summed E-state index contributed by atoms with van der Waals surface area (Å²) < 4.78 is 32.3. The molecule has 1 aromatic carbocycles. The summed E-state index contributed by atoms with van der Waals surface area (Å²) in [4.78, 5) is 12.2. The lowest BCUT2D eigenvalue weighted by atomic mass is 10.00. The van der Waals surface area contributed by atoms with E-state index < -0.39 is 27.6 Å². The summed E-state index contributed by atoms with van der Waals surface area (Å²) in [7, 11) is -3.61. The van der Waals surface area contributed by atoms with Gasteiger partial charge < -0.3 is 4.74 Å². The first-order valence-electron chi connectivity index (χ1n) is 6.21. The van der Waals surface area contributed by atoms with Crippen molar-refractivity contribution < 1.29 is 22.1 Å². The Balaban J connectivity index is 2.93. The molecule has 112 valence electrons. The quantitative estimate of drug-likeness (QED) is 0.615. The second-order valence-corrected chi connectivity index (χ2v) is 7.13. The lowest BCUT2D eigenvalue weighted by Gasteiger charge is -2.24. The molecule has 1 atom stereocenters. The van der Waals surface area contributed by atoms with Crippen LogP contribution in [-0.2, 0) is 23.8 Å². The number of hydrogen-bond donors (Lipinski definition) is 0. The van der Waals surface area contributed by atoms with Crippen LogP contribution in [0.3, 0.4) is 0 Å². The van der Waals surface area contributed by atoms with Crippen molar-refractivity contribution in [1.82, 2.24) is 0 Å². The molecule has 0 heterocycles. The average molecular weight is 300 g/mol. The SMILES string of the molecule is CC(C)(C)OC(=O)[C@@H](COS(C)(=O)=O)c1ccccc1. The number of carbonyl (C=O) groups is 1. The molecule has 0 aliphatic heterocycles. The summed E-state index contributed by atoms with van der Waals surface area (Å²) >= 11 is 0. The largest absolute Gasteiger partial charge is 0.459 e. The van der Waals surface area contributed by atoms with Crippen molar-refractivity contribution in [2.24, 2.45) is 0 Å². The molecule has 0 amide bonds. The van der Waals surface area contributed by atoms with Crippen LogP contribution in [0.4, 0.5) is 0 Å². The summed E-state index contributed by atoms with van der Waals surface area (Å²) in [5.41, 5.74) is 0.0141. The summed E-state index contributed by atoms with van der Waals surface area (Å²) in [6.07, 6.45) is 0.949. The fourth-order valence-corrected chi connectivity index (χ4v) is 1.93. The van der Waals surface area contributed by atoms with Gasteiger partial charge in [-0.15, -0.1) is 0 Å². The van der Waals surface area contributed by atoms with Crippen LogP contribution in [0.5, 0.6) is 0 Å². The highest BCUT2D eigenvalue weighted by Crippen LogP contribution is 2.21. The fourth-order valence-electron chi connectivity index (χ4n) is 1.55. The predicted molar refractivity (Wildman–Crippen MR) is 75.8 cm³/mol. The Bertz CT molecular complexity index is 543. The van der Waals surface area contributed by atoms with Gasteiger partial charge in [0.2, 0.25) is 0 Å². The van der Waals surface area contributed by atoms with Gasteiger partial charge >= 0.3 is 5.97 Å². The molecule has 0 radical (unpaired) electrons. The molecule has 20 heavy (non-hydrogen) atoms. The first kappa shape index (κ1) is 16.7. The van der Waals surface area contributed by atoms with Gasteiger partial charge in [-0.05, 0) is 26.3 Å². The molecule has 1 rings (SSSR count). The smallest absolute Gasteiger partial charge is 0.316 e. The highest BCUT2D eigenvalue weighted by Gasteiger charge is 2.28. The topological polar surface area (TPSA) is 69.7 Å². The Morgan fingerprint density at radius 1 is 1.20 bits per heavy atom. The van der Waals surface area contributed by atoms with Crippen LogP contribution in [0.1, 0.15) is 32.3 Å². The van der Waals surface area contributed by atoms with E-state index in [1.165, 1.54) is 0 Å². The van der Waals surface area contributed by atoms with Crippen LogP contribution in [0.25, 0.3) is 0 Å². The normalized spacial score (nSPS) is 13.8. The Kier molecular flexibility index (Phi) is 5.30. The van der Waals surface area contributed by atoms with Crippen molar-refractivity contribution in [3.05, 3.63) is 35.9 Å².